The van der Waals surface area contributed by atoms with Crippen molar-refractivity contribution >= 4 is 28.6 Å². The van der Waals surface area contributed by atoms with E-state index in [0.717, 1.165) is 19.3 Å². The molecule has 3 atom stereocenters. The van der Waals surface area contributed by atoms with Crippen LogP contribution >= 0.6 is 22.6 Å². The fraction of sp³-hybridized carbons (Fsp3) is 0.900. The van der Waals surface area contributed by atoms with Gasteiger partial charge < -0.3 is 9.84 Å². The lowest BCUT2D eigenvalue weighted by Gasteiger charge is -2.17. The van der Waals surface area contributed by atoms with Crippen molar-refractivity contribution in [2.45, 2.75) is 55.2 Å². The van der Waals surface area contributed by atoms with Crippen molar-refractivity contribution in [3.63, 3.8) is 0 Å². The summed E-state index contributed by atoms with van der Waals surface area (Å²) in [6.07, 6.45) is 2.80. The van der Waals surface area contributed by atoms with Gasteiger partial charge in [-0.3, -0.25) is 4.79 Å². The molecule has 0 aromatic rings. The van der Waals surface area contributed by atoms with Gasteiger partial charge in [-0.2, -0.15) is 0 Å². The number of rotatable bonds is 3. The van der Waals surface area contributed by atoms with Gasteiger partial charge in [0, 0.05) is 6.42 Å². The predicted molar refractivity (Wildman–Crippen MR) is 62.5 cm³/mol. The standard InChI is InChI=1S/C10H17IO3/c1-3-8(11)9(12)14-7-4-5-10(2,13)6-7/h7-8,13H,3-6H2,1-2H3. The number of hydrogen-bond acceptors (Lipinski definition) is 3. The van der Waals surface area contributed by atoms with Crippen LogP contribution in [0.25, 0.3) is 0 Å². The predicted octanol–water partition coefficient (Wildman–Crippen LogP) is 2.05. The van der Waals surface area contributed by atoms with Gasteiger partial charge in [0.15, 0.2) is 0 Å². The summed E-state index contributed by atoms with van der Waals surface area (Å²) in [5, 5.41) is 9.68. The van der Waals surface area contributed by atoms with Crippen LogP contribution in [0.5, 0.6) is 0 Å². The summed E-state index contributed by atoms with van der Waals surface area (Å²) in [5.41, 5.74) is -0.641. The van der Waals surface area contributed by atoms with Crippen LogP contribution < -0.4 is 0 Å². The van der Waals surface area contributed by atoms with Crippen molar-refractivity contribution < 1.29 is 14.6 Å². The third-order valence-corrected chi connectivity index (χ3v) is 3.96. The number of hydrogen-bond donors (Lipinski definition) is 1. The molecule has 4 heteroatoms. The summed E-state index contributed by atoms with van der Waals surface area (Å²) in [4.78, 5) is 11.4. The van der Waals surface area contributed by atoms with Gasteiger partial charge in [-0.25, -0.2) is 0 Å². The van der Waals surface area contributed by atoms with E-state index in [0.29, 0.717) is 6.42 Å². The molecule has 0 amide bonds. The van der Waals surface area contributed by atoms with Gasteiger partial charge in [-0.05, 0) is 26.2 Å². The van der Waals surface area contributed by atoms with Crippen LogP contribution in [0.3, 0.4) is 0 Å². The monoisotopic (exact) mass is 312 g/mol. The molecule has 1 aliphatic rings. The number of esters is 1. The molecule has 0 radical (unpaired) electrons. The molecular weight excluding hydrogens is 295 g/mol. The molecule has 0 spiro atoms. The highest BCUT2D eigenvalue weighted by Crippen LogP contribution is 2.31. The highest BCUT2D eigenvalue weighted by Gasteiger charge is 2.35. The molecule has 0 heterocycles. The summed E-state index contributed by atoms with van der Waals surface area (Å²) >= 11 is 2.09. The third kappa shape index (κ3) is 3.38. The Hall–Kier alpha value is 0.160. The Bertz CT molecular complexity index is 215. The zero-order chi connectivity index (χ0) is 10.8. The lowest BCUT2D eigenvalue weighted by molar-refractivity contribution is -0.148. The van der Waals surface area contributed by atoms with Crippen molar-refractivity contribution in [1.29, 1.82) is 0 Å². The van der Waals surface area contributed by atoms with E-state index in [2.05, 4.69) is 22.6 Å². The number of carbonyl (C=O) groups excluding carboxylic acids is 1. The van der Waals surface area contributed by atoms with E-state index in [-0.39, 0.29) is 16.0 Å². The van der Waals surface area contributed by atoms with Crippen LogP contribution in [-0.2, 0) is 9.53 Å². The van der Waals surface area contributed by atoms with E-state index in [1.165, 1.54) is 0 Å². The van der Waals surface area contributed by atoms with Crippen molar-refractivity contribution in [1.82, 2.24) is 0 Å². The Morgan fingerprint density at radius 1 is 1.79 bits per heavy atom. The smallest absolute Gasteiger partial charge is 0.319 e. The Kier molecular flexibility index (Phi) is 4.18. The zero-order valence-electron chi connectivity index (χ0n) is 8.62. The quantitative estimate of drug-likeness (QED) is 0.493. The second kappa shape index (κ2) is 4.79. The van der Waals surface area contributed by atoms with Gasteiger partial charge in [0.1, 0.15) is 10.0 Å². The second-order valence-electron chi connectivity index (χ2n) is 4.17. The number of aliphatic hydroxyl groups is 1. The number of alkyl halides is 1. The van der Waals surface area contributed by atoms with Gasteiger partial charge in [-0.1, -0.05) is 29.5 Å². The lowest BCUT2D eigenvalue weighted by Crippen LogP contribution is -2.25. The van der Waals surface area contributed by atoms with E-state index in [1.54, 1.807) is 6.92 Å². The zero-order valence-corrected chi connectivity index (χ0v) is 10.8. The van der Waals surface area contributed by atoms with Crippen molar-refractivity contribution in [2.75, 3.05) is 0 Å². The van der Waals surface area contributed by atoms with Crippen LogP contribution in [0.1, 0.15) is 39.5 Å². The molecule has 1 rings (SSSR count). The molecule has 1 N–H and O–H groups in total. The first-order valence-corrected chi connectivity index (χ1v) is 6.26. The maximum absolute atomic E-state index is 11.4. The SMILES string of the molecule is CCC(I)C(=O)OC1CCC(C)(O)C1. The molecule has 0 saturated heterocycles. The number of halogens is 1. The molecule has 14 heavy (non-hydrogen) atoms. The minimum Gasteiger partial charge on any atom is -0.461 e. The Labute approximate surface area is 98.3 Å². The van der Waals surface area contributed by atoms with Gasteiger partial charge in [0.2, 0.25) is 0 Å². The molecule has 0 aliphatic heterocycles. The number of carbonyl (C=O) groups is 1. The first-order chi connectivity index (χ1) is 6.44. The largest absolute Gasteiger partial charge is 0.461 e. The minimum atomic E-state index is -0.641. The average Bonchev–Trinajstić information content (AvgIpc) is 2.44. The van der Waals surface area contributed by atoms with Crippen molar-refractivity contribution in [3.8, 4) is 0 Å². The van der Waals surface area contributed by atoms with Gasteiger partial charge in [-0.15, -0.1) is 0 Å². The number of ether oxygens (including phenoxy) is 1. The molecule has 1 saturated carbocycles. The molecule has 1 fully saturated rings. The molecule has 3 unspecified atom stereocenters. The summed E-state index contributed by atoms with van der Waals surface area (Å²) in [5.74, 6) is -0.143. The summed E-state index contributed by atoms with van der Waals surface area (Å²) < 4.78 is 5.24. The van der Waals surface area contributed by atoms with Gasteiger partial charge in [0.25, 0.3) is 0 Å². The Balaban J connectivity index is 2.36. The molecular formula is C10H17IO3. The Morgan fingerprint density at radius 3 is 2.86 bits per heavy atom. The first kappa shape index (κ1) is 12.2. The summed E-state index contributed by atoms with van der Waals surface area (Å²) in [7, 11) is 0. The lowest BCUT2D eigenvalue weighted by atomic mass is 10.1. The molecule has 1 aliphatic carbocycles. The maximum atomic E-state index is 11.4. The first-order valence-electron chi connectivity index (χ1n) is 5.01. The van der Waals surface area contributed by atoms with E-state index < -0.39 is 5.60 Å². The van der Waals surface area contributed by atoms with Crippen LogP contribution in [0, 0.1) is 0 Å². The molecule has 3 nitrogen and oxygen atoms in total. The second-order valence-corrected chi connectivity index (χ2v) is 5.68. The fourth-order valence-electron chi connectivity index (χ4n) is 1.67. The van der Waals surface area contributed by atoms with Crippen molar-refractivity contribution in [2.24, 2.45) is 0 Å². The molecule has 0 aromatic heterocycles. The minimum absolute atomic E-state index is 0.0573. The van der Waals surface area contributed by atoms with Crippen LogP contribution in [0.2, 0.25) is 0 Å². The molecule has 0 bridgehead atoms. The highest BCUT2D eigenvalue weighted by molar-refractivity contribution is 14.1. The summed E-state index contributed by atoms with van der Waals surface area (Å²) in [6, 6.07) is 0. The van der Waals surface area contributed by atoms with E-state index in [4.69, 9.17) is 4.74 Å². The van der Waals surface area contributed by atoms with Crippen LogP contribution in [0.15, 0.2) is 0 Å². The van der Waals surface area contributed by atoms with E-state index in [9.17, 15) is 9.90 Å². The van der Waals surface area contributed by atoms with E-state index >= 15 is 0 Å². The van der Waals surface area contributed by atoms with Crippen LogP contribution in [-0.4, -0.2) is 26.7 Å². The normalized spacial score (nSPS) is 34.1. The van der Waals surface area contributed by atoms with Crippen LogP contribution in [0.4, 0.5) is 0 Å². The average molecular weight is 312 g/mol. The maximum Gasteiger partial charge on any atom is 0.319 e. The van der Waals surface area contributed by atoms with E-state index in [1.807, 2.05) is 6.92 Å². The fourth-order valence-corrected chi connectivity index (χ4v) is 1.82. The molecule has 0 aromatic carbocycles. The molecule has 82 valence electrons. The van der Waals surface area contributed by atoms with Gasteiger partial charge in [0.05, 0.1) is 5.60 Å². The van der Waals surface area contributed by atoms with Crippen molar-refractivity contribution in [3.05, 3.63) is 0 Å². The highest BCUT2D eigenvalue weighted by atomic mass is 127. The van der Waals surface area contributed by atoms with Gasteiger partial charge >= 0.3 is 5.97 Å². The topological polar surface area (TPSA) is 46.5 Å². The Morgan fingerprint density at radius 2 is 2.43 bits per heavy atom. The third-order valence-electron chi connectivity index (χ3n) is 2.57. The summed E-state index contributed by atoms with van der Waals surface area (Å²) in [6.45, 7) is 3.76.